The number of anilines is 3. The number of hydrogen-bond acceptors (Lipinski definition) is 8. The molecule has 11 heteroatoms. The van der Waals surface area contributed by atoms with Crippen LogP contribution in [0.4, 0.5) is 17.3 Å². The number of aromatic nitrogens is 3. The minimum absolute atomic E-state index is 0.0246. The quantitative estimate of drug-likeness (QED) is 0.469. The van der Waals surface area contributed by atoms with Gasteiger partial charge in [-0.2, -0.15) is 0 Å². The number of benzene rings is 1. The van der Waals surface area contributed by atoms with E-state index in [9.17, 15) is 9.59 Å². The summed E-state index contributed by atoms with van der Waals surface area (Å²) in [7, 11) is 4.02. The van der Waals surface area contributed by atoms with Gasteiger partial charge in [-0.05, 0) is 24.3 Å². The fourth-order valence-electron chi connectivity index (χ4n) is 4.65. The molecule has 2 amide bonds. The van der Waals surface area contributed by atoms with Crippen molar-refractivity contribution in [2.75, 3.05) is 75.4 Å². The summed E-state index contributed by atoms with van der Waals surface area (Å²) >= 11 is 0. The molecule has 0 bridgehead atoms. The Bertz CT molecular complexity index is 1290. The van der Waals surface area contributed by atoms with E-state index in [1.807, 2.05) is 25.1 Å². The van der Waals surface area contributed by atoms with Crippen LogP contribution in [-0.4, -0.2) is 102 Å². The molecule has 1 aromatic carbocycles. The molecule has 2 N–H and O–H groups in total. The van der Waals surface area contributed by atoms with E-state index in [1.54, 1.807) is 24.5 Å². The molecule has 0 atom stereocenters. The van der Waals surface area contributed by atoms with E-state index < -0.39 is 0 Å². The zero-order valence-corrected chi connectivity index (χ0v) is 21.8. The molecule has 0 aliphatic carbocycles. The van der Waals surface area contributed by atoms with E-state index in [0.29, 0.717) is 45.1 Å². The normalized spacial score (nSPS) is 15.2. The zero-order valence-electron chi connectivity index (χ0n) is 21.8. The molecule has 0 radical (unpaired) electrons. The first-order chi connectivity index (χ1) is 18.5. The van der Waals surface area contributed by atoms with Gasteiger partial charge in [0.05, 0.1) is 25.8 Å². The van der Waals surface area contributed by atoms with Gasteiger partial charge in [0.15, 0.2) is 5.82 Å². The Morgan fingerprint density at radius 3 is 2.50 bits per heavy atom. The van der Waals surface area contributed by atoms with Crippen LogP contribution in [0.2, 0.25) is 0 Å². The third kappa shape index (κ3) is 5.83. The highest BCUT2D eigenvalue weighted by molar-refractivity contribution is 5.91. The van der Waals surface area contributed by atoms with Crippen LogP contribution in [0.3, 0.4) is 0 Å². The number of nitrogens with one attached hydrogen (secondary N) is 2. The molecule has 4 heterocycles. The summed E-state index contributed by atoms with van der Waals surface area (Å²) in [6.07, 6.45) is 3.43. The van der Waals surface area contributed by atoms with Gasteiger partial charge in [-0.1, -0.05) is 18.2 Å². The number of amides is 2. The smallest absolute Gasteiger partial charge is 0.242 e. The van der Waals surface area contributed by atoms with E-state index in [4.69, 9.17) is 4.98 Å². The van der Waals surface area contributed by atoms with E-state index in [2.05, 4.69) is 59.2 Å². The molecule has 0 spiro atoms. The lowest BCUT2D eigenvalue weighted by atomic mass is 10.1. The van der Waals surface area contributed by atoms with Gasteiger partial charge in [0, 0.05) is 64.3 Å². The first-order valence-corrected chi connectivity index (χ1v) is 12.8. The summed E-state index contributed by atoms with van der Waals surface area (Å²) in [6, 6.07) is 13.6. The van der Waals surface area contributed by atoms with Crippen molar-refractivity contribution in [3.63, 3.8) is 0 Å². The van der Waals surface area contributed by atoms with Crippen molar-refractivity contribution in [1.29, 1.82) is 0 Å². The van der Waals surface area contributed by atoms with Crippen molar-refractivity contribution in [3.8, 4) is 11.3 Å². The lowest BCUT2D eigenvalue weighted by Crippen LogP contribution is -2.51. The SMILES string of the molecule is CN(C)c1ccc(-c2nc3n(c2NCC(=O)N2CCN(CC(=O)Nc4ccccn4)CC2)CCN=C3)cc1. The fourth-order valence-corrected chi connectivity index (χ4v) is 4.65. The van der Waals surface area contributed by atoms with Gasteiger partial charge in [-0.3, -0.25) is 19.5 Å². The second-order valence-electron chi connectivity index (χ2n) is 9.57. The van der Waals surface area contributed by atoms with E-state index in [0.717, 1.165) is 28.6 Å². The second-order valence-corrected chi connectivity index (χ2v) is 9.57. The number of aliphatic imine (C=N–C) groups is 1. The number of carbonyl (C=O) groups excluding carboxylic acids is 2. The Hall–Kier alpha value is -4.25. The van der Waals surface area contributed by atoms with E-state index in [1.165, 1.54) is 0 Å². The van der Waals surface area contributed by atoms with Gasteiger partial charge in [-0.25, -0.2) is 9.97 Å². The molecule has 1 saturated heterocycles. The molecule has 5 rings (SSSR count). The number of piperazine rings is 1. The number of imidazole rings is 1. The minimum Gasteiger partial charge on any atom is -0.378 e. The second kappa shape index (κ2) is 11.4. The Labute approximate surface area is 222 Å². The van der Waals surface area contributed by atoms with Crippen molar-refractivity contribution in [2.45, 2.75) is 6.54 Å². The molecule has 11 nitrogen and oxygen atoms in total. The average molecular weight is 516 g/mol. The van der Waals surface area contributed by atoms with Crippen LogP contribution in [0.25, 0.3) is 11.3 Å². The van der Waals surface area contributed by atoms with Crippen LogP contribution < -0.4 is 15.5 Å². The monoisotopic (exact) mass is 515 g/mol. The molecular weight excluding hydrogens is 482 g/mol. The Kier molecular flexibility index (Phi) is 7.64. The van der Waals surface area contributed by atoms with Crippen molar-refractivity contribution in [3.05, 3.63) is 54.5 Å². The molecular formula is C27H33N9O2. The summed E-state index contributed by atoms with van der Waals surface area (Å²) in [5.74, 6) is 2.08. The number of carbonyl (C=O) groups is 2. The predicted octanol–water partition coefficient (Wildman–Crippen LogP) is 1.64. The maximum atomic E-state index is 13.1. The fraction of sp³-hybridized carbons (Fsp3) is 0.370. The zero-order chi connectivity index (χ0) is 26.5. The van der Waals surface area contributed by atoms with Crippen LogP contribution >= 0.6 is 0 Å². The van der Waals surface area contributed by atoms with Crippen LogP contribution in [-0.2, 0) is 16.1 Å². The van der Waals surface area contributed by atoms with Crippen LogP contribution in [0, 0.1) is 0 Å². The molecule has 0 saturated carbocycles. The molecule has 38 heavy (non-hydrogen) atoms. The maximum Gasteiger partial charge on any atom is 0.242 e. The minimum atomic E-state index is -0.106. The lowest BCUT2D eigenvalue weighted by molar-refractivity contribution is -0.131. The number of rotatable bonds is 8. The highest BCUT2D eigenvalue weighted by Crippen LogP contribution is 2.30. The average Bonchev–Trinajstić information content (AvgIpc) is 3.31. The number of hydrogen-bond donors (Lipinski definition) is 2. The number of pyridine rings is 1. The molecule has 198 valence electrons. The summed E-state index contributed by atoms with van der Waals surface area (Å²) in [5, 5.41) is 6.19. The third-order valence-electron chi connectivity index (χ3n) is 6.75. The van der Waals surface area contributed by atoms with Crippen molar-refractivity contribution in [2.24, 2.45) is 4.99 Å². The van der Waals surface area contributed by atoms with Gasteiger partial charge in [0.1, 0.15) is 17.3 Å². The molecule has 0 unspecified atom stereocenters. The van der Waals surface area contributed by atoms with Gasteiger partial charge < -0.3 is 25.0 Å². The van der Waals surface area contributed by atoms with Gasteiger partial charge in [-0.15, -0.1) is 0 Å². The largest absolute Gasteiger partial charge is 0.378 e. The van der Waals surface area contributed by atoms with E-state index in [-0.39, 0.29) is 24.9 Å². The number of fused-ring (bicyclic) bond motifs is 1. The van der Waals surface area contributed by atoms with Gasteiger partial charge in [0.2, 0.25) is 11.8 Å². The van der Waals surface area contributed by atoms with Crippen molar-refractivity contribution < 1.29 is 9.59 Å². The highest BCUT2D eigenvalue weighted by Gasteiger charge is 2.24. The van der Waals surface area contributed by atoms with E-state index >= 15 is 0 Å². The van der Waals surface area contributed by atoms with Crippen molar-refractivity contribution in [1.82, 2.24) is 24.3 Å². The topological polar surface area (TPSA) is 111 Å². The Morgan fingerprint density at radius 2 is 1.79 bits per heavy atom. The van der Waals surface area contributed by atoms with Gasteiger partial charge >= 0.3 is 0 Å². The Balaban J connectivity index is 1.18. The molecule has 2 aliphatic rings. The first-order valence-electron chi connectivity index (χ1n) is 12.8. The van der Waals surface area contributed by atoms with Crippen LogP contribution in [0.5, 0.6) is 0 Å². The molecule has 1 fully saturated rings. The van der Waals surface area contributed by atoms with Crippen LogP contribution in [0.15, 0.2) is 53.7 Å². The Morgan fingerprint density at radius 1 is 1.00 bits per heavy atom. The number of nitrogens with zero attached hydrogens (tertiary/aromatic N) is 7. The summed E-state index contributed by atoms with van der Waals surface area (Å²) in [6.45, 7) is 4.28. The summed E-state index contributed by atoms with van der Waals surface area (Å²) in [4.78, 5) is 44.7. The highest BCUT2D eigenvalue weighted by atomic mass is 16.2. The van der Waals surface area contributed by atoms with Crippen molar-refractivity contribution >= 4 is 35.4 Å². The molecule has 2 aliphatic heterocycles. The molecule has 3 aromatic rings. The van der Waals surface area contributed by atoms with Crippen LogP contribution in [0.1, 0.15) is 5.82 Å². The summed E-state index contributed by atoms with van der Waals surface area (Å²) < 4.78 is 2.09. The molecule has 2 aromatic heterocycles. The predicted molar refractivity (Wildman–Crippen MR) is 149 cm³/mol. The lowest BCUT2D eigenvalue weighted by Gasteiger charge is -2.34. The maximum absolute atomic E-state index is 13.1. The third-order valence-corrected chi connectivity index (χ3v) is 6.75. The standard InChI is InChI=1S/C27H33N9O2/c1-33(2)21-8-6-20(7-9-21)26-27(36-12-11-28-17-23(36)32-26)30-18-25(38)35-15-13-34(14-16-35)19-24(37)31-22-5-3-4-10-29-22/h3-10,17,30H,11-16,18-19H2,1-2H3,(H,29,31,37). The first kappa shape index (κ1) is 25.4. The summed E-state index contributed by atoms with van der Waals surface area (Å²) in [5.41, 5.74) is 2.91. The van der Waals surface area contributed by atoms with Gasteiger partial charge in [0.25, 0.3) is 0 Å².